The highest BCUT2D eigenvalue weighted by molar-refractivity contribution is 7.98. The van der Waals surface area contributed by atoms with E-state index >= 15 is 0 Å². The first kappa shape index (κ1) is 15.6. The number of methoxy groups -OCH3 is 1. The summed E-state index contributed by atoms with van der Waals surface area (Å²) < 4.78 is 6.99. The van der Waals surface area contributed by atoms with Crippen molar-refractivity contribution < 1.29 is 4.74 Å². The Kier molecular flexibility index (Phi) is 4.30. The maximum atomic E-state index is 5.09. The molecule has 25 heavy (non-hydrogen) atoms. The second kappa shape index (κ2) is 6.90. The van der Waals surface area contributed by atoms with Crippen molar-refractivity contribution in [3.8, 4) is 11.6 Å². The molecule has 3 heterocycles. The van der Waals surface area contributed by atoms with Crippen molar-refractivity contribution in [1.29, 1.82) is 0 Å². The zero-order chi connectivity index (χ0) is 17.1. The summed E-state index contributed by atoms with van der Waals surface area (Å²) in [6.07, 6.45) is 3.42. The molecule has 0 atom stereocenters. The summed E-state index contributed by atoms with van der Waals surface area (Å²) in [7, 11) is 1.60. The third-order valence-corrected chi connectivity index (χ3v) is 4.71. The van der Waals surface area contributed by atoms with Gasteiger partial charge in [0.25, 0.3) is 0 Å². The highest BCUT2D eigenvalue weighted by atomic mass is 32.2. The summed E-state index contributed by atoms with van der Waals surface area (Å²) in [5.41, 5.74) is 2.90. The van der Waals surface area contributed by atoms with Gasteiger partial charge in [-0.15, -0.1) is 10.2 Å². The number of hydrogen-bond donors (Lipinski definition) is 0. The van der Waals surface area contributed by atoms with Crippen LogP contribution in [-0.2, 0) is 5.75 Å². The Morgan fingerprint density at radius 2 is 2.00 bits per heavy atom. The molecule has 6 nitrogen and oxygen atoms in total. The molecule has 7 heteroatoms. The zero-order valence-corrected chi connectivity index (χ0v) is 14.3. The van der Waals surface area contributed by atoms with Crippen molar-refractivity contribution in [2.75, 3.05) is 7.11 Å². The highest BCUT2D eigenvalue weighted by Crippen LogP contribution is 2.24. The van der Waals surface area contributed by atoms with E-state index in [1.165, 1.54) is 0 Å². The van der Waals surface area contributed by atoms with E-state index in [-0.39, 0.29) is 0 Å². The maximum Gasteiger partial charge on any atom is 0.213 e. The molecule has 0 saturated heterocycles. The van der Waals surface area contributed by atoms with Gasteiger partial charge in [0, 0.05) is 17.2 Å². The number of fused-ring (bicyclic) bond motifs is 1. The monoisotopic (exact) mass is 349 g/mol. The summed E-state index contributed by atoms with van der Waals surface area (Å²) in [4.78, 5) is 8.92. The quantitative estimate of drug-likeness (QED) is 0.514. The summed E-state index contributed by atoms with van der Waals surface area (Å²) in [5, 5.41) is 10.2. The highest BCUT2D eigenvalue weighted by Gasteiger charge is 2.09. The first-order chi connectivity index (χ1) is 12.3. The van der Waals surface area contributed by atoms with Crippen LogP contribution < -0.4 is 4.74 Å². The van der Waals surface area contributed by atoms with Gasteiger partial charge in [-0.2, -0.15) is 0 Å². The zero-order valence-electron chi connectivity index (χ0n) is 13.5. The van der Waals surface area contributed by atoms with E-state index in [9.17, 15) is 0 Å². The standard InChI is InChI=1S/C18H15N5OS/c1-24-17-9-8-15(10-19-17)23-12-20-22-18(23)25-11-14-7-6-13-4-2-3-5-16(13)21-14/h2-10,12H,11H2,1H3. The van der Waals surface area contributed by atoms with Gasteiger partial charge in [0.05, 0.1) is 30.2 Å². The van der Waals surface area contributed by atoms with Crippen molar-refractivity contribution in [2.45, 2.75) is 10.9 Å². The Balaban J connectivity index is 1.53. The number of benzene rings is 1. The molecule has 3 aromatic heterocycles. The van der Waals surface area contributed by atoms with Crippen molar-refractivity contribution in [3.63, 3.8) is 0 Å². The van der Waals surface area contributed by atoms with Crippen molar-refractivity contribution in [3.05, 3.63) is 66.7 Å². The Bertz CT molecular complexity index is 1000. The lowest BCUT2D eigenvalue weighted by atomic mass is 10.2. The fraction of sp³-hybridized carbons (Fsp3) is 0.111. The molecular weight excluding hydrogens is 334 g/mol. The summed E-state index contributed by atoms with van der Waals surface area (Å²) in [5.74, 6) is 1.29. The van der Waals surface area contributed by atoms with Gasteiger partial charge < -0.3 is 4.74 Å². The number of rotatable bonds is 5. The number of nitrogens with zero attached hydrogens (tertiary/aromatic N) is 5. The summed E-state index contributed by atoms with van der Waals surface area (Å²) in [6, 6.07) is 16.0. The number of aromatic nitrogens is 5. The van der Waals surface area contributed by atoms with Crippen molar-refractivity contribution in [1.82, 2.24) is 24.7 Å². The summed E-state index contributed by atoms with van der Waals surface area (Å²) >= 11 is 1.59. The van der Waals surface area contributed by atoms with E-state index in [1.807, 2.05) is 41.0 Å². The molecule has 0 aliphatic heterocycles. The average Bonchev–Trinajstić information content (AvgIpc) is 3.15. The van der Waals surface area contributed by atoms with Crippen LogP contribution in [0.25, 0.3) is 16.6 Å². The lowest BCUT2D eigenvalue weighted by Gasteiger charge is -2.07. The van der Waals surface area contributed by atoms with Crippen molar-refractivity contribution in [2.24, 2.45) is 0 Å². The van der Waals surface area contributed by atoms with Crippen LogP contribution in [0.4, 0.5) is 0 Å². The molecule has 4 aromatic rings. The molecule has 0 radical (unpaired) electrons. The van der Waals surface area contributed by atoms with Crippen LogP contribution in [-0.4, -0.2) is 31.8 Å². The minimum absolute atomic E-state index is 0.575. The lowest BCUT2D eigenvalue weighted by molar-refractivity contribution is 0.397. The Hall–Kier alpha value is -2.93. The molecule has 0 bridgehead atoms. The first-order valence-electron chi connectivity index (χ1n) is 7.71. The minimum atomic E-state index is 0.575. The van der Waals surface area contributed by atoms with Crippen LogP contribution in [0.5, 0.6) is 5.88 Å². The number of thioether (sulfide) groups is 1. The third kappa shape index (κ3) is 3.32. The number of ether oxygens (including phenoxy) is 1. The molecule has 0 fully saturated rings. The number of hydrogen-bond acceptors (Lipinski definition) is 6. The predicted octanol–water partition coefficient (Wildman–Crippen LogP) is 3.51. The topological polar surface area (TPSA) is 65.7 Å². The Labute approximate surface area is 148 Å². The van der Waals surface area contributed by atoms with Crippen LogP contribution in [0.1, 0.15) is 5.69 Å². The van der Waals surface area contributed by atoms with E-state index in [0.29, 0.717) is 11.6 Å². The predicted molar refractivity (Wildman–Crippen MR) is 97.0 cm³/mol. The normalized spacial score (nSPS) is 10.9. The van der Waals surface area contributed by atoms with Gasteiger partial charge in [0.15, 0.2) is 5.16 Å². The van der Waals surface area contributed by atoms with Gasteiger partial charge in [0.2, 0.25) is 5.88 Å². The van der Waals surface area contributed by atoms with E-state index in [4.69, 9.17) is 9.72 Å². The fourth-order valence-corrected chi connectivity index (χ4v) is 3.30. The van der Waals surface area contributed by atoms with Crippen LogP contribution >= 0.6 is 11.8 Å². The fourth-order valence-electron chi connectivity index (χ4n) is 2.46. The molecule has 124 valence electrons. The first-order valence-corrected chi connectivity index (χ1v) is 8.70. The minimum Gasteiger partial charge on any atom is -0.481 e. The molecule has 0 saturated carbocycles. The van der Waals surface area contributed by atoms with E-state index in [0.717, 1.165) is 27.4 Å². The molecule has 1 aromatic carbocycles. The van der Waals surface area contributed by atoms with Gasteiger partial charge in [-0.05, 0) is 18.2 Å². The molecule has 0 amide bonds. The second-order valence-electron chi connectivity index (χ2n) is 5.33. The average molecular weight is 349 g/mol. The van der Waals surface area contributed by atoms with Gasteiger partial charge in [-0.1, -0.05) is 36.0 Å². The smallest absolute Gasteiger partial charge is 0.213 e. The van der Waals surface area contributed by atoms with E-state index < -0.39 is 0 Å². The molecule has 0 spiro atoms. The molecule has 0 aliphatic carbocycles. The van der Waals surface area contributed by atoms with E-state index in [2.05, 4.69) is 27.3 Å². The van der Waals surface area contributed by atoms with Crippen LogP contribution in [0.2, 0.25) is 0 Å². The van der Waals surface area contributed by atoms with Gasteiger partial charge in [-0.25, -0.2) is 4.98 Å². The SMILES string of the molecule is COc1ccc(-n2cnnc2SCc2ccc3ccccc3n2)cn1. The lowest BCUT2D eigenvalue weighted by Crippen LogP contribution is -1.97. The van der Waals surface area contributed by atoms with Crippen LogP contribution in [0.3, 0.4) is 0 Å². The number of para-hydroxylation sites is 1. The molecule has 0 unspecified atom stereocenters. The molecule has 0 aliphatic rings. The molecular formula is C18H15N5OS. The van der Waals surface area contributed by atoms with E-state index in [1.54, 1.807) is 31.4 Å². The second-order valence-corrected chi connectivity index (χ2v) is 6.27. The Morgan fingerprint density at radius 3 is 2.84 bits per heavy atom. The molecule has 0 N–H and O–H groups in total. The maximum absolute atomic E-state index is 5.09. The molecule has 4 rings (SSSR count). The van der Waals surface area contributed by atoms with Gasteiger partial charge >= 0.3 is 0 Å². The van der Waals surface area contributed by atoms with Crippen LogP contribution in [0.15, 0.2) is 66.2 Å². The van der Waals surface area contributed by atoms with Gasteiger partial charge in [0.1, 0.15) is 6.33 Å². The third-order valence-electron chi connectivity index (χ3n) is 3.73. The number of pyridine rings is 2. The largest absolute Gasteiger partial charge is 0.481 e. The summed E-state index contributed by atoms with van der Waals surface area (Å²) in [6.45, 7) is 0. The van der Waals surface area contributed by atoms with Gasteiger partial charge in [-0.3, -0.25) is 9.55 Å². The Morgan fingerprint density at radius 1 is 1.08 bits per heavy atom. The van der Waals surface area contributed by atoms with Crippen LogP contribution in [0, 0.1) is 0 Å². The van der Waals surface area contributed by atoms with Crippen molar-refractivity contribution >= 4 is 22.7 Å².